The van der Waals surface area contributed by atoms with Crippen molar-refractivity contribution in [3.05, 3.63) is 33.8 Å². The van der Waals surface area contributed by atoms with Crippen LogP contribution in [0, 0.1) is 19.3 Å². The van der Waals surface area contributed by atoms with Gasteiger partial charge in [0.25, 0.3) is 0 Å². The molecule has 2 heteroatoms. The van der Waals surface area contributed by atoms with E-state index in [0.29, 0.717) is 5.02 Å². The predicted octanol–water partition coefficient (Wildman–Crippen LogP) is 4.04. The standard InChI is InChI=1S/C13H19ClO/c1-8-6-10(11(14)7-9(8)2)12(15)13(3,4)5/h6-7,12,15H,1-5H3. The van der Waals surface area contributed by atoms with Gasteiger partial charge in [-0.2, -0.15) is 0 Å². The first-order chi connectivity index (χ1) is 6.73. The molecule has 0 radical (unpaired) electrons. The van der Waals surface area contributed by atoms with Gasteiger partial charge in [0.05, 0.1) is 6.10 Å². The van der Waals surface area contributed by atoms with Crippen molar-refractivity contribution in [3.8, 4) is 0 Å². The Bertz CT molecular complexity index is 364. The molecule has 0 amide bonds. The molecular weight excluding hydrogens is 208 g/mol. The third-order valence-corrected chi connectivity index (χ3v) is 3.06. The fourth-order valence-electron chi connectivity index (χ4n) is 1.48. The Morgan fingerprint density at radius 2 is 1.60 bits per heavy atom. The molecule has 1 rings (SSSR count). The number of aryl methyl sites for hydroxylation is 2. The molecule has 0 aliphatic rings. The van der Waals surface area contributed by atoms with Gasteiger partial charge in [-0.1, -0.05) is 38.4 Å². The SMILES string of the molecule is Cc1cc(Cl)c(C(O)C(C)(C)C)cc1C. The van der Waals surface area contributed by atoms with Gasteiger partial charge in [0.2, 0.25) is 0 Å². The van der Waals surface area contributed by atoms with E-state index in [1.54, 1.807) is 0 Å². The molecule has 0 saturated heterocycles. The normalized spacial score (nSPS) is 14.1. The summed E-state index contributed by atoms with van der Waals surface area (Å²) < 4.78 is 0. The van der Waals surface area contributed by atoms with Crippen LogP contribution >= 0.6 is 11.6 Å². The van der Waals surface area contributed by atoms with Crippen molar-refractivity contribution >= 4 is 11.6 Å². The summed E-state index contributed by atoms with van der Waals surface area (Å²) >= 11 is 6.14. The topological polar surface area (TPSA) is 20.2 Å². The van der Waals surface area contributed by atoms with Gasteiger partial charge in [0.1, 0.15) is 0 Å². The number of benzene rings is 1. The summed E-state index contributed by atoms with van der Waals surface area (Å²) in [5, 5.41) is 10.8. The molecule has 1 aromatic rings. The lowest BCUT2D eigenvalue weighted by atomic mass is 9.84. The maximum Gasteiger partial charge on any atom is 0.0852 e. The van der Waals surface area contributed by atoms with E-state index in [1.165, 1.54) is 0 Å². The maximum atomic E-state index is 10.2. The van der Waals surface area contributed by atoms with E-state index in [-0.39, 0.29) is 5.41 Å². The Hall–Kier alpha value is -0.530. The van der Waals surface area contributed by atoms with E-state index in [0.717, 1.165) is 16.7 Å². The molecule has 0 aliphatic carbocycles. The summed E-state index contributed by atoms with van der Waals surface area (Å²) in [7, 11) is 0. The first-order valence-electron chi connectivity index (χ1n) is 5.18. The maximum absolute atomic E-state index is 10.2. The second-order valence-corrected chi connectivity index (χ2v) is 5.63. The van der Waals surface area contributed by atoms with Crippen LogP contribution in [0.3, 0.4) is 0 Å². The largest absolute Gasteiger partial charge is 0.388 e. The lowest BCUT2D eigenvalue weighted by Gasteiger charge is -2.27. The quantitative estimate of drug-likeness (QED) is 0.767. The van der Waals surface area contributed by atoms with E-state index in [1.807, 2.05) is 46.8 Å². The van der Waals surface area contributed by atoms with Crippen molar-refractivity contribution in [3.63, 3.8) is 0 Å². The molecule has 15 heavy (non-hydrogen) atoms. The Morgan fingerprint density at radius 3 is 2.07 bits per heavy atom. The van der Waals surface area contributed by atoms with Crippen LogP contribution in [0.15, 0.2) is 12.1 Å². The summed E-state index contributed by atoms with van der Waals surface area (Å²) in [5.74, 6) is 0. The second-order valence-electron chi connectivity index (χ2n) is 5.23. The average molecular weight is 227 g/mol. The molecule has 84 valence electrons. The Kier molecular flexibility index (Phi) is 3.47. The zero-order valence-electron chi connectivity index (χ0n) is 10.1. The number of aliphatic hydroxyl groups excluding tert-OH is 1. The molecule has 0 saturated carbocycles. The first-order valence-corrected chi connectivity index (χ1v) is 5.56. The molecule has 1 aromatic carbocycles. The summed E-state index contributed by atoms with van der Waals surface area (Å²) in [6, 6.07) is 3.90. The third kappa shape index (κ3) is 2.73. The highest BCUT2D eigenvalue weighted by Gasteiger charge is 2.25. The molecule has 0 heterocycles. The van der Waals surface area contributed by atoms with Crippen LogP contribution in [0.1, 0.15) is 43.6 Å². The molecule has 1 atom stereocenters. The van der Waals surface area contributed by atoms with Crippen LogP contribution in [-0.4, -0.2) is 5.11 Å². The average Bonchev–Trinajstić information content (AvgIpc) is 2.08. The van der Waals surface area contributed by atoms with Crippen LogP contribution in [0.2, 0.25) is 5.02 Å². The summed E-state index contributed by atoms with van der Waals surface area (Å²) in [6.07, 6.45) is -0.524. The highest BCUT2D eigenvalue weighted by atomic mass is 35.5. The van der Waals surface area contributed by atoms with E-state index in [9.17, 15) is 5.11 Å². The predicted molar refractivity (Wildman–Crippen MR) is 65.3 cm³/mol. The molecule has 0 spiro atoms. The molecular formula is C13H19ClO. The van der Waals surface area contributed by atoms with Crippen molar-refractivity contribution in [2.75, 3.05) is 0 Å². The van der Waals surface area contributed by atoms with Crippen molar-refractivity contribution in [1.29, 1.82) is 0 Å². The van der Waals surface area contributed by atoms with Gasteiger partial charge in [-0.05, 0) is 42.0 Å². The van der Waals surface area contributed by atoms with Crippen LogP contribution in [0.4, 0.5) is 0 Å². The number of hydrogen-bond donors (Lipinski definition) is 1. The van der Waals surface area contributed by atoms with Crippen molar-refractivity contribution in [1.82, 2.24) is 0 Å². The van der Waals surface area contributed by atoms with Crippen LogP contribution in [0.5, 0.6) is 0 Å². The van der Waals surface area contributed by atoms with E-state index < -0.39 is 6.10 Å². The van der Waals surface area contributed by atoms with Crippen LogP contribution in [-0.2, 0) is 0 Å². The van der Waals surface area contributed by atoms with Gasteiger partial charge in [-0.15, -0.1) is 0 Å². The van der Waals surface area contributed by atoms with Crippen molar-refractivity contribution in [2.45, 2.75) is 40.7 Å². The summed E-state index contributed by atoms with van der Waals surface area (Å²) in [5.41, 5.74) is 2.96. The van der Waals surface area contributed by atoms with Crippen LogP contribution < -0.4 is 0 Å². The van der Waals surface area contributed by atoms with Gasteiger partial charge < -0.3 is 5.11 Å². The Labute approximate surface area is 97.1 Å². The van der Waals surface area contributed by atoms with Gasteiger partial charge in [-0.25, -0.2) is 0 Å². The zero-order chi connectivity index (χ0) is 11.8. The third-order valence-electron chi connectivity index (χ3n) is 2.73. The number of rotatable bonds is 1. The highest BCUT2D eigenvalue weighted by molar-refractivity contribution is 6.31. The van der Waals surface area contributed by atoms with Crippen molar-refractivity contribution < 1.29 is 5.11 Å². The molecule has 1 unspecified atom stereocenters. The van der Waals surface area contributed by atoms with Gasteiger partial charge in [0.15, 0.2) is 0 Å². The molecule has 0 bridgehead atoms. The first kappa shape index (κ1) is 12.5. The highest BCUT2D eigenvalue weighted by Crippen LogP contribution is 2.37. The minimum Gasteiger partial charge on any atom is -0.388 e. The molecule has 0 fully saturated rings. The van der Waals surface area contributed by atoms with Gasteiger partial charge >= 0.3 is 0 Å². The zero-order valence-corrected chi connectivity index (χ0v) is 10.8. The Balaban J connectivity index is 3.21. The lowest BCUT2D eigenvalue weighted by molar-refractivity contribution is 0.0627. The second kappa shape index (κ2) is 4.15. The van der Waals surface area contributed by atoms with E-state index in [2.05, 4.69) is 0 Å². The number of hydrogen-bond acceptors (Lipinski definition) is 1. The number of halogens is 1. The van der Waals surface area contributed by atoms with Crippen LogP contribution in [0.25, 0.3) is 0 Å². The van der Waals surface area contributed by atoms with Crippen molar-refractivity contribution in [2.24, 2.45) is 5.41 Å². The number of aliphatic hydroxyl groups is 1. The fraction of sp³-hybridized carbons (Fsp3) is 0.538. The van der Waals surface area contributed by atoms with Gasteiger partial charge in [0, 0.05) is 5.02 Å². The minimum absolute atomic E-state index is 0.189. The Morgan fingerprint density at radius 1 is 1.13 bits per heavy atom. The van der Waals surface area contributed by atoms with E-state index >= 15 is 0 Å². The monoisotopic (exact) mass is 226 g/mol. The summed E-state index contributed by atoms with van der Waals surface area (Å²) in [6.45, 7) is 10.1. The van der Waals surface area contributed by atoms with E-state index in [4.69, 9.17) is 11.6 Å². The smallest absolute Gasteiger partial charge is 0.0852 e. The molecule has 0 aliphatic heterocycles. The summed E-state index contributed by atoms with van der Waals surface area (Å²) in [4.78, 5) is 0. The molecule has 0 aromatic heterocycles. The lowest BCUT2D eigenvalue weighted by Crippen LogP contribution is -2.18. The molecule has 1 nitrogen and oxygen atoms in total. The fourth-order valence-corrected chi connectivity index (χ4v) is 1.80. The van der Waals surface area contributed by atoms with Gasteiger partial charge in [-0.3, -0.25) is 0 Å². The minimum atomic E-state index is -0.524. The molecule has 1 N–H and O–H groups in total.